The number of rotatable bonds is 4. The summed E-state index contributed by atoms with van der Waals surface area (Å²) in [6, 6.07) is 12.5. The molecule has 1 aliphatic heterocycles. The molecule has 166 valence electrons. The van der Waals surface area contributed by atoms with Crippen LogP contribution in [-0.2, 0) is 4.74 Å². The predicted molar refractivity (Wildman–Crippen MR) is 118 cm³/mol. The van der Waals surface area contributed by atoms with Crippen LogP contribution in [0.15, 0.2) is 60.7 Å². The molecule has 1 heterocycles. The molecule has 5 heteroatoms. The molecule has 0 aromatic heterocycles. The van der Waals surface area contributed by atoms with Gasteiger partial charge < -0.3 is 4.74 Å². The van der Waals surface area contributed by atoms with Crippen molar-refractivity contribution in [3.05, 3.63) is 95.1 Å². The van der Waals surface area contributed by atoms with Gasteiger partial charge in [-0.05, 0) is 48.9 Å². The van der Waals surface area contributed by atoms with Gasteiger partial charge in [0.25, 0.3) is 0 Å². The monoisotopic (exact) mass is 440 g/mol. The first-order chi connectivity index (χ1) is 15.4. The maximum absolute atomic E-state index is 14.9. The van der Waals surface area contributed by atoms with E-state index in [1.807, 2.05) is 19.1 Å². The summed E-state index contributed by atoms with van der Waals surface area (Å²) >= 11 is 0. The van der Waals surface area contributed by atoms with Crippen molar-refractivity contribution in [2.75, 3.05) is 6.61 Å². The zero-order valence-electron chi connectivity index (χ0n) is 18.0. The van der Waals surface area contributed by atoms with Crippen molar-refractivity contribution in [1.29, 1.82) is 0 Å². The Morgan fingerprint density at radius 3 is 1.91 bits per heavy atom. The maximum Gasteiger partial charge on any atom is 0.166 e. The van der Waals surface area contributed by atoms with Crippen LogP contribution in [0.2, 0.25) is 0 Å². The average molecular weight is 440 g/mol. The standard InChI is InChI=1S/C27H24F4O/c1-3-4-20-11-10-19(15-32-20)23-14-13-22(26(30)27(23)31)18-8-6-17(7-9-18)21-12-5-16(2)24(28)25(21)29/h3-9,12-14,19-20H,10-11,15H2,1-2H3. The van der Waals surface area contributed by atoms with Crippen LogP contribution in [0.4, 0.5) is 17.6 Å². The summed E-state index contributed by atoms with van der Waals surface area (Å²) in [5, 5.41) is 0. The molecule has 1 fully saturated rings. The lowest BCUT2D eigenvalue weighted by Gasteiger charge is -2.28. The number of ether oxygens (including phenoxy) is 1. The molecular formula is C27H24F4O. The van der Waals surface area contributed by atoms with Crippen molar-refractivity contribution in [3.63, 3.8) is 0 Å². The molecule has 0 N–H and O–H groups in total. The van der Waals surface area contributed by atoms with Crippen molar-refractivity contribution in [1.82, 2.24) is 0 Å². The van der Waals surface area contributed by atoms with Gasteiger partial charge in [-0.1, -0.05) is 60.7 Å². The van der Waals surface area contributed by atoms with Crippen LogP contribution in [0, 0.1) is 30.2 Å². The van der Waals surface area contributed by atoms with Crippen LogP contribution < -0.4 is 0 Å². The van der Waals surface area contributed by atoms with Gasteiger partial charge >= 0.3 is 0 Å². The molecule has 0 amide bonds. The van der Waals surface area contributed by atoms with Crippen LogP contribution in [0.25, 0.3) is 22.3 Å². The van der Waals surface area contributed by atoms with E-state index in [4.69, 9.17) is 4.74 Å². The van der Waals surface area contributed by atoms with Gasteiger partial charge in [0.05, 0.1) is 12.7 Å². The van der Waals surface area contributed by atoms with Gasteiger partial charge in [-0.15, -0.1) is 0 Å². The molecule has 0 saturated carbocycles. The Morgan fingerprint density at radius 1 is 0.750 bits per heavy atom. The van der Waals surface area contributed by atoms with E-state index in [2.05, 4.69) is 0 Å². The molecule has 1 saturated heterocycles. The minimum absolute atomic E-state index is 0.0220. The molecule has 2 unspecified atom stereocenters. The normalized spacial score (nSPS) is 18.9. The number of halogens is 4. The Bertz CT molecular complexity index is 1140. The van der Waals surface area contributed by atoms with Gasteiger partial charge in [0.15, 0.2) is 23.3 Å². The van der Waals surface area contributed by atoms with E-state index in [1.54, 1.807) is 36.4 Å². The van der Waals surface area contributed by atoms with Crippen LogP contribution in [0.3, 0.4) is 0 Å². The summed E-state index contributed by atoms with van der Waals surface area (Å²) in [4.78, 5) is 0. The number of allylic oxidation sites excluding steroid dienone is 1. The molecule has 0 spiro atoms. The van der Waals surface area contributed by atoms with Gasteiger partial charge in [-0.25, -0.2) is 17.6 Å². The second-order valence-corrected chi connectivity index (χ2v) is 8.14. The van der Waals surface area contributed by atoms with E-state index < -0.39 is 23.3 Å². The van der Waals surface area contributed by atoms with Crippen molar-refractivity contribution in [2.45, 2.75) is 38.7 Å². The smallest absolute Gasteiger partial charge is 0.166 e. The lowest BCUT2D eigenvalue weighted by Crippen LogP contribution is -2.24. The fourth-order valence-electron chi connectivity index (χ4n) is 4.18. The minimum Gasteiger partial charge on any atom is -0.374 e. The molecule has 0 aliphatic carbocycles. The molecule has 0 bridgehead atoms. The highest BCUT2D eigenvalue weighted by atomic mass is 19.2. The number of hydrogen-bond donors (Lipinski definition) is 0. The van der Waals surface area contributed by atoms with E-state index in [9.17, 15) is 17.6 Å². The Kier molecular flexibility index (Phi) is 6.47. The lowest BCUT2D eigenvalue weighted by atomic mass is 9.89. The quantitative estimate of drug-likeness (QED) is 0.298. The second-order valence-electron chi connectivity index (χ2n) is 8.14. The fraction of sp³-hybridized carbons (Fsp3) is 0.259. The summed E-state index contributed by atoms with van der Waals surface area (Å²) in [5.41, 5.74) is 1.70. The molecular weight excluding hydrogens is 416 g/mol. The first-order valence-electron chi connectivity index (χ1n) is 10.7. The molecule has 3 aromatic rings. The summed E-state index contributed by atoms with van der Waals surface area (Å²) < 4.78 is 63.8. The maximum atomic E-state index is 14.9. The van der Waals surface area contributed by atoms with E-state index >= 15 is 0 Å². The number of benzene rings is 3. The largest absolute Gasteiger partial charge is 0.374 e. The third kappa shape index (κ3) is 4.22. The van der Waals surface area contributed by atoms with Crippen molar-refractivity contribution in [3.8, 4) is 22.3 Å². The van der Waals surface area contributed by atoms with Gasteiger partial charge in [-0.2, -0.15) is 0 Å². The van der Waals surface area contributed by atoms with Crippen molar-refractivity contribution in [2.24, 2.45) is 0 Å². The fourth-order valence-corrected chi connectivity index (χ4v) is 4.18. The Balaban J connectivity index is 1.58. The molecule has 2 atom stereocenters. The summed E-state index contributed by atoms with van der Waals surface area (Å²) in [7, 11) is 0. The number of hydrogen-bond acceptors (Lipinski definition) is 1. The molecule has 1 nitrogen and oxygen atoms in total. The van der Waals surface area contributed by atoms with Crippen LogP contribution >= 0.6 is 0 Å². The van der Waals surface area contributed by atoms with Crippen molar-refractivity contribution >= 4 is 0 Å². The van der Waals surface area contributed by atoms with Crippen molar-refractivity contribution < 1.29 is 22.3 Å². The third-order valence-corrected chi connectivity index (χ3v) is 6.05. The highest BCUT2D eigenvalue weighted by molar-refractivity contribution is 5.71. The van der Waals surface area contributed by atoms with Gasteiger partial charge in [0, 0.05) is 17.0 Å². The highest BCUT2D eigenvalue weighted by Gasteiger charge is 2.26. The molecule has 3 aromatic carbocycles. The molecule has 1 aliphatic rings. The average Bonchev–Trinajstić information content (AvgIpc) is 2.81. The van der Waals surface area contributed by atoms with Gasteiger partial charge in [-0.3, -0.25) is 0 Å². The topological polar surface area (TPSA) is 9.23 Å². The van der Waals surface area contributed by atoms with Gasteiger partial charge in [0.2, 0.25) is 0 Å². The van der Waals surface area contributed by atoms with Crippen LogP contribution in [0.1, 0.15) is 36.8 Å². The molecule has 4 rings (SSSR count). The van der Waals surface area contributed by atoms with E-state index in [0.29, 0.717) is 23.3 Å². The zero-order chi connectivity index (χ0) is 22.8. The van der Waals surface area contributed by atoms with Crippen LogP contribution in [-0.4, -0.2) is 12.7 Å². The Labute approximate surface area is 185 Å². The Morgan fingerprint density at radius 2 is 1.34 bits per heavy atom. The lowest BCUT2D eigenvalue weighted by molar-refractivity contribution is 0.0317. The predicted octanol–water partition coefficient (Wildman–Crippen LogP) is 7.72. The third-order valence-electron chi connectivity index (χ3n) is 6.05. The summed E-state index contributed by atoms with van der Waals surface area (Å²) in [6.45, 7) is 3.76. The van der Waals surface area contributed by atoms with Crippen LogP contribution in [0.5, 0.6) is 0 Å². The minimum atomic E-state index is -0.925. The zero-order valence-corrected chi connectivity index (χ0v) is 18.0. The van der Waals surface area contributed by atoms with Gasteiger partial charge in [0.1, 0.15) is 0 Å². The SMILES string of the molecule is CC=CC1CCC(c2ccc(-c3ccc(-c4ccc(C)c(F)c4F)cc3)c(F)c2F)CO1. The first kappa shape index (κ1) is 22.3. The molecule has 0 radical (unpaired) electrons. The highest BCUT2D eigenvalue weighted by Crippen LogP contribution is 2.35. The van der Waals surface area contributed by atoms with E-state index in [-0.39, 0.29) is 28.7 Å². The Hall–Kier alpha value is -2.92. The van der Waals surface area contributed by atoms with E-state index in [0.717, 1.165) is 12.8 Å². The second kappa shape index (κ2) is 9.29. The first-order valence-corrected chi connectivity index (χ1v) is 10.7. The molecule has 32 heavy (non-hydrogen) atoms. The summed E-state index contributed by atoms with van der Waals surface area (Å²) in [6.07, 6.45) is 5.40. The van der Waals surface area contributed by atoms with E-state index in [1.165, 1.54) is 19.1 Å². The number of aryl methyl sites for hydroxylation is 1. The summed E-state index contributed by atoms with van der Waals surface area (Å²) in [5.74, 6) is -3.79.